The van der Waals surface area contributed by atoms with E-state index < -0.39 is 0 Å². The average Bonchev–Trinajstić information content (AvgIpc) is 2.52. The van der Waals surface area contributed by atoms with Gasteiger partial charge in [-0.3, -0.25) is 4.98 Å². The highest BCUT2D eigenvalue weighted by atomic mass is 79.9. The first-order valence-electron chi connectivity index (χ1n) is 7.25. The van der Waals surface area contributed by atoms with Crippen LogP contribution in [0.4, 0.5) is 0 Å². The highest BCUT2D eigenvalue weighted by molar-refractivity contribution is 9.10. The number of hydrogen-bond acceptors (Lipinski definition) is 3. The highest BCUT2D eigenvalue weighted by Crippen LogP contribution is 2.24. The predicted octanol–water partition coefficient (Wildman–Crippen LogP) is 4.48. The number of pyridine rings is 1. The van der Waals surface area contributed by atoms with Crippen LogP contribution in [0.3, 0.4) is 0 Å². The summed E-state index contributed by atoms with van der Waals surface area (Å²) in [6, 6.07) is 10.5. The van der Waals surface area contributed by atoms with Crippen molar-refractivity contribution in [1.29, 1.82) is 0 Å². The number of ether oxygens (including phenoxy) is 1. The van der Waals surface area contributed by atoms with E-state index in [1.54, 1.807) is 0 Å². The maximum Gasteiger partial charge on any atom is 0.123 e. The summed E-state index contributed by atoms with van der Waals surface area (Å²) in [7, 11) is 0. The van der Waals surface area contributed by atoms with Crippen LogP contribution in [0, 0.1) is 0 Å². The Kier molecular flexibility index (Phi) is 6.21. The zero-order valence-corrected chi connectivity index (χ0v) is 14.1. The van der Waals surface area contributed by atoms with Crippen molar-refractivity contribution < 1.29 is 4.74 Å². The van der Waals surface area contributed by atoms with Gasteiger partial charge < -0.3 is 10.1 Å². The van der Waals surface area contributed by atoms with Crippen molar-refractivity contribution >= 4 is 15.9 Å². The Balaban J connectivity index is 2.03. The first-order chi connectivity index (χ1) is 10.2. The summed E-state index contributed by atoms with van der Waals surface area (Å²) in [5, 5.41) is 3.53. The lowest BCUT2D eigenvalue weighted by atomic mass is 10.1. The molecule has 0 saturated carbocycles. The fraction of sp³-hybridized carbons (Fsp3) is 0.353. The van der Waals surface area contributed by atoms with Crippen molar-refractivity contribution in [2.45, 2.75) is 32.9 Å². The topological polar surface area (TPSA) is 34.1 Å². The third kappa shape index (κ3) is 4.83. The van der Waals surface area contributed by atoms with Crippen LogP contribution >= 0.6 is 15.9 Å². The van der Waals surface area contributed by atoms with Crippen molar-refractivity contribution in [3.05, 3.63) is 58.3 Å². The van der Waals surface area contributed by atoms with Gasteiger partial charge in [0.1, 0.15) is 5.75 Å². The molecule has 1 heterocycles. The quantitative estimate of drug-likeness (QED) is 0.800. The van der Waals surface area contributed by atoms with E-state index in [0.717, 1.165) is 29.8 Å². The minimum atomic E-state index is 0.269. The highest BCUT2D eigenvalue weighted by Gasteiger charge is 2.08. The molecule has 0 amide bonds. The number of aromatic nitrogens is 1. The summed E-state index contributed by atoms with van der Waals surface area (Å²) in [5.41, 5.74) is 2.40. The zero-order valence-electron chi connectivity index (χ0n) is 12.5. The van der Waals surface area contributed by atoms with Gasteiger partial charge in [-0.1, -0.05) is 22.9 Å². The van der Waals surface area contributed by atoms with Crippen molar-refractivity contribution in [2.75, 3.05) is 6.61 Å². The number of benzene rings is 1. The maximum atomic E-state index is 5.81. The molecule has 0 aliphatic carbocycles. The molecule has 1 atom stereocenters. The molecule has 21 heavy (non-hydrogen) atoms. The van der Waals surface area contributed by atoms with Crippen LogP contribution in [0.5, 0.6) is 5.75 Å². The summed E-state index contributed by atoms with van der Waals surface area (Å²) >= 11 is 3.52. The second kappa shape index (κ2) is 8.15. The number of nitrogens with one attached hydrogen (secondary N) is 1. The van der Waals surface area contributed by atoms with Crippen LogP contribution in [0.2, 0.25) is 0 Å². The summed E-state index contributed by atoms with van der Waals surface area (Å²) < 4.78 is 6.88. The van der Waals surface area contributed by atoms with Crippen LogP contribution < -0.4 is 10.1 Å². The zero-order chi connectivity index (χ0) is 15.1. The fourth-order valence-electron chi connectivity index (χ4n) is 2.07. The summed E-state index contributed by atoms with van der Waals surface area (Å²) in [4.78, 5) is 4.05. The van der Waals surface area contributed by atoms with E-state index in [-0.39, 0.29) is 6.04 Å². The first-order valence-corrected chi connectivity index (χ1v) is 8.04. The molecule has 1 aromatic heterocycles. The molecule has 2 rings (SSSR count). The molecule has 1 aromatic carbocycles. The minimum Gasteiger partial charge on any atom is -0.493 e. The van der Waals surface area contributed by atoms with Gasteiger partial charge in [0.25, 0.3) is 0 Å². The minimum absolute atomic E-state index is 0.269. The lowest BCUT2D eigenvalue weighted by Crippen LogP contribution is -2.18. The summed E-state index contributed by atoms with van der Waals surface area (Å²) in [5.74, 6) is 0.953. The van der Waals surface area contributed by atoms with Gasteiger partial charge in [-0.2, -0.15) is 0 Å². The van der Waals surface area contributed by atoms with Gasteiger partial charge in [-0.15, -0.1) is 0 Å². The SMILES string of the molecule is CCCOc1ccc(Br)cc1CN[C@H](C)c1ccncc1. The molecule has 0 unspecified atom stereocenters. The smallest absolute Gasteiger partial charge is 0.123 e. The largest absolute Gasteiger partial charge is 0.493 e. The van der Waals surface area contributed by atoms with E-state index in [1.807, 2.05) is 36.7 Å². The Morgan fingerprint density at radius 3 is 2.71 bits per heavy atom. The first kappa shape index (κ1) is 16.0. The molecular weight excluding hydrogens is 328 g/mol. The van der Waals surface area contributed by atoms with Crippen molar-refractivity contribution in [1.82, 2.24) is 10.3 Å². The van der Waals surface area contributed by atoms with E-state index in [1.165, 1.54) is 11.1 Å². The van der Waals surface area contributed by atoms with Gasteiger partial charge in [-0.25, -0.2) is 0 Å². The van der Waals surface area contributed by atoms with Crippen molar-refractivity contribution in [3.63, 3.8) is 0 Å². The van der Waals surface area contributed by atoms with Crippen LogP contribution in [0.25, 0.3) is 0 Å². The van der Waals surface area contributed by atoms with Gasteiger partial charge in [0.2, 0.25) is 0 Å². The molecule has 0 radical (unpaired) electrons. The van der Waals surface area contributed by atoms with E-state index in [4.69, 9.17) is 4.74 Å². The summed E-state index contributed by atoms with van der Waals surface area (Å²) in [6.07, 6.45) is 4.65. The van der Waals surface area contributed by atoms with Crippen molar-refractivity contribution in [2.24, 2.45) is 0 Å². The molecule has 2 aromatic rings. The van der Waals surface area contributed by atoms with Crippen LogP contribution in [-0.2, 0) is 6.54 Å². The van der Waals surface area contributed by atoms with E-state index in [9.17, 15) is 0 Å². The lowest BCUT2D eigenvalue weighted by molar-refractivity contribution is 0.313. The number of rotatable bonds is 7. The third-order valence-electron chi connectivity index (χ3n) is 3.29. The molecule has 0 fully saturated rings. The van der Waals surface area contributed by atoms with Gasteiger partial charge in [-0.05, 0) is 49.2 Å². The average molecular weight is 349 g/mol. The predicted molar refractivity (Wildman–Crippen MR) is 89.4 cm³/mol. The molecule has 4 heteroatoms. The van der Waals surface area contributed by atoms with Gasteiger partial charge in [0.15, 0.2) is 0 Å². The standard InChI is InChI=1S/C17H21BrN2O/c1-3-10-21-17-5-4-16(18)11-15(17)12-20-13(2)14-6-8-19-9-7-14/h4-9,11,13,20H,3,10,12H2,1-2H3/t13-/m1/s1. The molecule has 1 N–H and O–H groups in total. The molecular formula is C17H21BrN2O. The van der Waals surface area contributed by atoms with Crippen LogP contribution in [-0.4, -0.2) is 11.6 Å². The van der Waals surface area contributed by atoms with Crippen LogP contribution in [0.15, 0.2) is 47.2 Å². The Hall–Kier alpha value is -1.39. The molecule has 112 valence electrons. The normalized spacial score (nSPS) is 12.1. The second-order valence-electron chi connectivity index (χ2n) is 4.98. The number of hydrogen-bond donors (Lipinski definition) is 1. The molecule has 3 nitrogen and oxygen atoms in total. The second-order valence-corrected chi connectivity index (χ2v) is 5.90. The maximum absolute atomic E-state index is 5.81. The van der Waals surface area contributed by atoms with Gasteiger partial charge in [0.05, 0.1) is 6.61 Å². The molecule has 0 bridgehead atoms. The van der Waals surface area contributed by atoms with Gasteiger partial charge in [0, 0.05) is 35.0 Å². The Morgan fingerprint density at radius 1 is 1.24 bits per heavy atom. The lowest BCUT2D eigenvalue weighted by Gasteiger charge is -2.16. The Bertz CT molecular complexity index is 560. The fourth-order valence-corrected chi connectivity index (χ4v) is 2.48. The van der Waals surface area contributed by atoms with E-state index in [2.05, 4.69) is 46.1 Å². The van der Waals surface area contributed by atoms with E-state index >= 15 is 0 Å². The molecule has 0 saturated heterocycles. The summed E-state index contributed by atoms with van der Waals surface area (Å²) in [6.45, 7) is 5.78. The van der Waals surface area contributed by atoms with Crippen LogP contribution in [0.1, 0.15) is 37.4 Å². The molecule has 0 aliphatic rings. The monoisotopic (exact) mass is 348 g/mol. The number of halogens is 1. The Labute approximate surface area is 134 Å². The number of nitrogens with zero attached hydrogens (tertiary/aromatic N) is 1. The third-order valence-corrected chi connectivity index (χ3v) is 3.78. The van der Waals surface area contributed by atoms with E-state index in [0.29, 0.717) is 0 Å². The molecule has 0 spiro atoms. The molecule has 0 aliphatic heterocycles. The van der Waals surface area contributed by atoms with Crippen molar-refractivity contribution in [3.8, 4) is 5.75 Å². The Morgan fingerprint density at radius 2 is 2.00 bits per heavy atom. The van der Waals surface area contributed by atoms with Gasteiger partial charge >= 0.3 is 0 Å².